The predicted molar refractivity (Wildman–Crippen MR) is 96.2 cm³/mol. The third kappa shape index (κ3) is 4.41. The van der Waals surface area contributed by atoms with E-state index in [2.05, 4.69) is 34.9 Å². The predicted octanol–water partition coefficient (Wildman–Crippen LogP) is 2.71. The van der Waals surface area contributed by atoms with E-state index in [-0.39, 0.29) is 11.9 Å². The lowest BCUT2D eigenvalue weighted by Gasteiger charge is -2.25. The Hall–Kier alpha value is -1.76. The van der Waals surface area contributed by atoms with E-state index in [1.165, 1.54) is 0 Å². The van der Waals surface area contributed by atoms with Gasteiger partial charge in [0.05, 0.1) is 6.54 Å². The second-order valence-electron chi connectivity index (χ2n) is 6.17. The van der Waals surface area contributed by atoms with E-state index >= 15 is 0 Å². The number of aromatic nitrogens is 1. The molecule has 128 valence electrons. The summed E-state index contributed by atoms with van der Waals surface area (Å²) in [5.41, 5.74) is 7.57. The van der Waals surface area contributed by atoms with Crippen molar-refractivity contribution in [2.45, 2.75) is 51.4 Å². The van der Waals surface area contributed by atoms with Crippen LogP contribution in [0.2, 0.25) is 0 Å². The molecule has 24 heavy (non-hydrogen) atoms. The summed E-state index contributed by atoms with van der Waals surface area (Å²) < 4.78 is 0. The van der Waals surface area contributed by atoms with Crippen LogP contribution in [0.25, 0.3) is 0 Å². The van der Waals surface area contributed by atoms with Gasteiger partial charge in [-0.3, -0.25) is 10.2 Å². The van der Waals surface area contributed by atoms with Crippen molar-refractivity contribution in [1.82, 2.24) is 20.7 Å². The summed E-state index contributed by atoms with van der Waals surface area (Å²) in [6.45, 7) is 3.33. The number of amides is 1. The van der Waals surface area contributed by atoms with Crippen LogP contribution in [-0.4, -0.2) is 27.9 Å². The maximum Gasteiger partial charge on any atom is 0.241 e. The largest absolute Gasteiger partial charge is 0.330 e. The van der Waals surface area contributed by atoms with Gasteiger partial charge in [-0.25, -0.2) is 10.4 Å². The maximum atomic E-state index is 13.0. The number of benzene rings is 1. The highest BCUT2D eigenvalue weighted by Gasteiger charge is 2.32. The van der Waals surface area contributed by atoms with E-state index < -0.39 is 0 Å². The molecule has 0 aliphatic carbocycles. The van der Waals surface area contributed by atoms with Crippen molar-refractivity contribution >= 4 is 17.2 Å². The molecular formula is C18H24N4OS. The molecule has 2 unspecified atom stereocenters. The van der Waals surface area contributed by atoms with Crippen LogP contribution in [0.5, 0.6) is 0 Å². The van der Waals surface area contributed by atoms with Crippen LogP contribution in [0.1, 0.15) is 36.8 Å². The molecule has 1 aromatic carbocycles. The monoisotopic (exact) mass is 344 g/mol. The second-order valence-corrected chi connectivity index (χ2v) is 7.15. The summed E-state index contributed by atoms with van der Waals surface area (Å²) in [6, 6.07) is 10.3. The molecule has 1 saturated heterocycles. The number of thiazole rings is 1. The lowest BCUT2D eigenvalue weighted by molar-refractivity contribution is -0.134. The first-order valence-corrected chi connectivity index (χ1v) is 9.36. The van der Waals surface area contributed by atoms with Crippen molar-refractivity contribution in [2.75, 3.05) is 0 Å². The fraction of sp³-hybridized carbons (Fsp3) is 0.444. The summed E-state index contributed by atoms with van der Waals surface area (Å²) in [4.78, 5) is 19.3. The molecule has 0 bridgehead atoms. The molecule has 1 aromatic heterocycles. The molecule has 0 spiro atoms. The first kappa shape index (κ1) is 17.1. The Morgan fingerprint density at radius 2 is 2.12 bits per heavy atom. The van der Waals surface area contributed by atoms with Gasteiger partial charge in [-0.15, -0.1) is 11.3 Å². The number of hydrogen-bond acceptors (Lipinski definition) is 5. The van der Waals surface area contributed by atoms with Gasteiger partial charge in [0, 0.05) is 24.2 Å². The average molecular weight is 344 g/mol. The van der Waals surface area contributed by atoms with Crippen LogP contribution in [0.15, 0.2) is 41.9 Å². The zero-order chi connectivity index (χ0) is 16.8. The number of hydrogen-bond donors (Lipinski definition) is 2. The van der Waals surface area contributed by atoms with E-state index in [0.29, 0.717) is 19.1 Å². The summed E-state index contributed by atoms with van der Waals surface area (Å²) in [7, 11) is 0. The number of carbonyl (C=O) groups excluding carboxylic acids is 1. The molecule has 3 rings (SSSR count). The number of carbonyl (C=O) groups is 1. The van der Waals surface area contributed by atoms with Gasteiger partial charge < -0.3 is 4.90 Å². The topological polar surface area (TPSA) is 57.3 Å². The number of hydrazine groups is 1. The minimum absolute atomic E-state index is 0.139. The highest BCUT2D eigenvalue weighted by molar-refractivity contribution is 7.09. The van der Waals surface area contributed by atoms with Crippen molar-refractivity contribution in [2.24, 2.45) is 0 Å². The van der Waals surface area contributed by atoms with Crippen LogP contribution in [0, 0.1) is 0 Å². The third-order valence-electron chi connectivity index (χ3n) is 4.25. The standard InChI is InChI=1S/C18H24N4OS/c1-2-6-15-11-16(21-20-15)18(23)22(13-17-19-9-10-24-17)12-14-7-4-3-5-8-14/h3-5,7-10,15-16,20-21H,2,6,11-13H2,1H3. The van der Waals surface area contributed by atoms with Crippen molar-refractivity contribution < 1.29 is 4.79 Å². The van der Waals surface area contributed by atoms with Gasteiger partial charge in [0.25, 0.3) is 0 Å². The molecule has 1 aliphatic heterocycles. The normalized spacial score (nSPS) is 20.2. The van der Waals surface area contributed by atoms with Crippen LogP contribution in [-0.2, 0) is 17.9 Å². The zero-order valence-corrected chi connectivity index (χ0v) is 14.8. The van der Waals surface area contributed by atoms with Gasteiger partial charge in [0.1, 0.15) is 11.0 Å². The third-order valence-corrected chi connectivity index (χ3v) is 5.02. The lowest BCUT2D eigenvalue weighted by Crippen LogP contribution is -2.45. The average Bonchev–Trinajstić information content (AvgIpc) is 3.27. The molecule has 0 radical (unpaired) electrons. The van der Waals surface area contributed by atoms with Crippen molar-refractivity contribution in [1.29, 1.82) is 0 Å². The highest BCUT2D eigenvalue weighted by atomic mass is 32.1. The van der Waals surface area contributed by atoms with E-state index in [9.17, 15) is 4.79 Å². The highest BCUT2D eigenvalue weighted by Crippen LogP contribution is 2.17. The summed E-state index contributed by atoms with van der Waals surface area (Å²) in [6.07, 6.45) is 4.84. The molecular weight excluding hydrogens is 320 g/mol. The quantitative estimate of drug-likeness (QED) is 0.811. The van der Waals surface area contributed by atoms with Crippen molar-refractivity contribution in [3.63, 3.8) is 0 Å². The number of nitrogens with one attached hydrogen (secondary N) is 2. The first-order chi connectivity index (χ1) is 11.8. The lowest BCUT2D eigenvalue weighted by atomic mass is 10.0. The van der Waals surface area contributed by atoms with Crippen LogP contribution in [0.4, 0.5) is 0 Å². The van der Waals surface area contributed by atoms with Crippen LogP contribution in [0.3, 0.4) is 0 Å². The molecule has 1 fully saturated rings. The SMILES string of the molecule is CCCC1CC(C(=O)N(Cc2ccccc2)Cc2nccs2)NN1. The Morgan fingerprint density at radius 1 is 1.29 bits per heavy atom. The Morgan fingerprint density at radius 3 is 2.83 bits per heavy atom. The minimum Gasteiger partial charge on any atom is -0.330 e. The number of rotatable bonds is 7. The van der Waals surface area contributed by atoms with Crippen LogP contribution >= 0.6 is 11.3 Å². The van der Waals surface area contributed by atoms with Crippen molar-refractivity contribution in [3.05, 3.63) is 52.5 Å². The molecule has 1 aliphatic rings. The zero-order valence-electron chi connectivity index (χ0n) is 13.9. The second kappa shape index (κ2) is 8.37. The fourth-order valence-electron chi connectivity index (χ4n) is 3.05. The van der Waals surface area contributed by atoms with Gasteiger partial charge in [0.2, 0.25) is 5.91 Å². The Balaban J connectivity index is 1.70. The van der Waals surface area contributed by atoms with E-state index in [4.69, 9.17) is 0 Å². The first-order valence-electron chi connectivity index (χ1n) is 8.48. The van der Waals surface area contributed by atoms with Crippen molar-refractivity contribution in [3.8, 4) is 0 Å². The van der Waals surface area contributed by atoms with Gasteiger partial charge in [-0.1, -0.05) is 43.7 Å². The molecule has 2 N–H and O–H groups in total. The van der Waals surface area contributed by atoms with Gasteiger partial charge in [0.15, 0.2) is 0 Å². The molecule has 1 amide bonds. The molecule has 6 heteroatoms. The van der Waals surface area contributed by atoms with E-state index in [1.807, 2.05) is 28.5 Å². The Labute approximate surface area is 147 Å². The van der Waals surface area contributed by atoms with Gasteiger partial charge >= 0.3 is 0 Å². The molecule has 5 nitrogen and oxygen atoms in total. The molecule has 0 saturated carbocycles. The van der Waals surface area contributed by atoms with Gasteiger partial charge in [-0.2, -0.15) is 0 Å². The minimum atomic E-state index is -0.162. The fourth-order valence-corrected chi connectivity index (χ4v) is 3.68. The summed E-state index contributed by atoms with van der Waals surface area (Å²) in [5, 5.41) is 2.92. The summed E-state index contributed by atoms with van der Waals surface area (Å²) >= 11 is 1.59. The van der Waals surface area contributed by atoms with Crippen LogP contribution < -0.4 is 10.9 Å². The Bertz CT molecular complexity index is 632. The maximum absolute atomic E-state index is 13.0. The van der Waals surface area contributed by atoms with E-state index in [0.717, 1.165) is 29.8 Å². The smallest absolute Gasteiger partial charge is 0.241 e. The Kier molecular flexibility index (Phi) is 5.96. The summed E-state index contributed by atoms with van der Waals surface area (Å²) in [5.74, 6) is 0.139. The van der Waals surface area contributed by atoms with Gasteiger partial charge in [-0.05, 0) is 18.4 Å². The van der Waals surface area contributed by atoms with E-state index in [1.54, 1.807) is 17.5 Å². The molecule has 2 atom stereocenters. The number of nitrogens with zero attached hydrogens (tertiary/aromatic N) is 2. The molecule has 2 aromatic rings. The molecule has 2 heterocycles.